The summed E-state index contributed by atoms with van der Waals surface area (Å²) in [6.45, 7) is 4.38. The zero-order valence-corrected chi connectivity index (χ0v) is 15.3. The fourth-order valence-corrected chi connectivity index (χ4v) is 3.24. The maximum Gasteiger partial charge on any atom is 0.251 e. The number of nitrogens with one attached hydrogen (secondary N) is 1. The predicted octanol–water partition coefficient (Wildman–Crippen LogP) is 3.47. The molecule has 3 rings (SSSR count). The number of nitrogens with zero attached hydrogens (tertiary/aromatic N) is 3. The predicted molar refractivity (Wildman–Crippen MR) is 98.1 cm³/mol. The number of hydrogen-bond acceptors (Lipinski definition) is 4. The number of anilines is 1. The molecule has 0 spiro atoms. The Morgan fingerprint density at radius 2 is 2.00 bits per heavy atom. The van der Waals surface area contributed by atoms with Gasteiger partial charge in [0.1, 0.15) is 0 Å². The number of carbonyl (C=O) groups is 1. The third-order valence-corrected chi connectivity index (χ3v) is 4.54. The Hall–Kier alpha value is -1.95. The number of carbonyl (C=O) groups excluding carboxylic acids is 1. The minimum absolute atomic E-state index is 0.105. The Kier molecular flexibility index (Phi) is 5.45. The summed E-state index contributed by atoms with van der Waals surface area (Å²) >= 11 is 3.38. The van der Waals surface area contributed by atoms with E-state index in [1.54, 1.807) is 12.1 Å². The van der Waals surface area contributed by atoms with Gasteiger partial charge < -0.3 is 10.2 Å². The number of aryl methyl sites for hydroxylation is 1. The Bertz CT molecular complexity index is 729. The van der Waals surface area contributed by atoms with Crippen molar-refractivity contribution >= 4 is 27.8 Å². The molecule has 0 radical (unpaired) electrons. The van der Waals surface area contributed by atoms with Gasteiger partial charge >= 0.3 is 0 Å². The standard InChI is InChI=1S/C18H21BrN4O/c1-13-10-16(22-18(21-13)23-8-3-2-4-9-23)12-20-17(24)14-6-5-7-15(19)11-14/h5-7,10-11H,2-4,8-9,12H2,1H3,(H,20,24). The average molecular weight is 389 g/mol. The van der Waals surface area contributed by atoms with E-state index < -0.39 is 0 Å². The van der Waals surface area contributed by atoms with Gasteiger partial charge in [-0.3, -0.25) is 4.79 Å². The fraction of sp³-hybridized carbons (Fsp3) is 0.389. The minimum atomic E-state index is -0.105. The second-order valence-electron chi connectivity index (χ2n) is 6.04. The topological polar surface area (TPSA) is 58.1 Å². The Balaban J connectivity index is 1.68. The van der Waals surface area contributed by atoms with Crippen LogP contribution in [0.2, 0.25) is 0 Å². The summed E-state index contributed by atoms with van der Waals surface area (Å²) < 4.78 is 0.889. The summed E-state index contributed by atoms with van der Waals surface area (Å²) in [5, 5.41) is 2.93. The first-order valence-corrected chi connectivity index (χ1v) is 9.04. The van der Waals surface area contributed by atoms with Crippen molar-refractivity contribution in [1.82, 2.24) is 15.3 Å². The van der Waals surface area contributed by atoms with Gasteiger partial charge in [0.15, 0.2) is 0 Å². The largest absolute Gasteiger partial charge is 0.346 e. The monoisotopic (exact) mass is 388 g/mol. The molecule has 0 atom stereocenters. The second-order valence-corrected chi connectivity index (χ2v) is 6.96. The smallest absolute Gasteiger partial charge is 0.251 e. The number of amides is 1. The highest BCUT2D eigenvalue weighted by Gasteiger charge is 2.15. The van der Waals surface area contributed by atoms with Crippen LogP contribution in [0.4, 0.5) is 5.95 Å². The molecule has 0 bridgehead atoms. The minimum Gasteiger partial charge on any atom is -0.346 e. The van der Waals surface area contributed by atoms with Crippen LogP contribution in [-0.4, -0.2) is 29.0 Å². The van der Waals surface area contributed by atoms with E-state index >= 15 is 0 Å². The highest BCUT2D eigenvalue weighted by Crippen LogP contribution is 2.17. The molecule has 2 heterocycles. The molecule has 5 nitrogen and oxygen atoms in total. The molecule has 0 aliphatic carbocycles. The van der Waals surface area contributed by atoms with Gasteiger partial charge in [-0.15, -0.1) is 0 Å². The zero-order chi connectivity index (χ0) is 16.9. The van der Waals surface area contributed by atoms with E-state index in [2.05, 4.69) is 36.1 Å². The van der Waals surface area contributed by atoms with Crippen LogP contribution in [0.25, 0.3) is 0 Å². The normalized spacial score (nSPS) is 14.5. The molecular formula is C18H21BrN4O. The molecule has 6 heteroatoms. The number of aromatic nitrogens is 2. The SMILES string of the molecule is Cc1cc(CNC(=O)c2cccc(Br)c2)nc(N2CCCCC2)n1. The van der Waals surface area contributed by atoms with Crippen molar-refractivity contribution in [1.29, 1.82) is 0 Å². The molecule has 24 heavy (non-hydrogen) atoms. The van der Waals surface area contributed by atoms with E-state index in [1.165, 1.54) is 19.3 Å². The van der Waals surface area contributed by atoms with Crippen LogP contribution >= 0.6 is 15.9 Å². The summed E-state index contributed by atoms with van der Waals surface area (Å²) in [5.74, 6) is 0.675. The lowest BCUT2D eigenvalue weighted by atomic mass is 10.1. The molecule has 126 valence electrons. The van der Waals surface area contributed by atoms with Crippen molar-refractivity contribution < 1.29 is 4.79 Å². The first kappa shape index (κ1) is 16.9. The van der Waals surface area contributed by atoms with Crippen LogP contribution in [-0.2, 0) is 6.54 Å². The molecule has 2 aromatic rings. The van der Waals surface area contributed by atoms with Crippen molar-refractivity contribution in [3.8, 4) is 0 Å². The van der Waals surface area contributed by atoms with Crippen LogP contribution < -0.4 is 10.2 Å². The van der Waals surface area contributed by atoms with Crippen LogP contribution in [0, 0.1) is 6.92 Å². The molecular weight excluding hydrogens is 368 g/mol. The molecule has 1 aliphatic rings. The molecule has 0 saturated carbocycles. The van der Waals surface area contributed by atoms with Gasteiger partial charge in [-0.1, -0.05) is 22.0 Å². The van der Waals surface area contributed by atoms with Crippen LogP contribution in [0.3, 0.4) is 0 Å². The average Bonchev–Trinajstić information content (AvgIpc) is 2.60. The van der Waals surface area contributed by atoms with Gasteiger partial charge in [-0.05, 0) is 50.5 Å². The van der Waals surface area contributed by atoms with Gasteiger partial charge in [0.25, 0.3) is 5.91 Å². The molecule has 1 N–H and O–H groups in total. The first-order chi connectivity index (χ1) is 11.6. The summed E-state index contributed by atoms with van der Waals surface area (Å²) in [5.41, 5.74) is 2.40. The van der Waals surface area contributed by atoms with Crippen molar-refractivity contribution in [3.05, 3.63) is 51.8 Å². The second kappa shape index (κ2) is 7.75. The van der Waals surface area contributed by atoms with E-state index in [0.29, 0.717) is 12.1 Å². The number of hydrogen-bond donors (Lipinski definition) is 1. The maximum atomic E-state index is 12.3. The number of benzene rings is 1. The van der Waals surface area contributed by atoms with Crippen molar-refractivity contribution in [2.45, 2.75) is 32.7 Å². The number of piperidine rings is 1. The number of halogens is 1. The summed E-state index contributed by atoms with van der Waals surface area (Å²) in [6.07, 6.45) is 3.65. The molecule has 1 saturated heterocycles. The molecule has 1 aliphatic heterocycles. The van der Waals surface area contributed by atoms with E-state index in [9.17, 15) is 4.79 Å². The molecule has 0 unspecified atom stereocenters. The highest BCUT2D eigenvalue weighted by molar-refractivity contribution is 9.10. The lowest BCUT2D eigenvalue weighted by Crippen LogP contribution is -2.32. The lowest BCUT2D eigenvalue weighted by molar-refractivity contribution is 0.0950. The van der Waals surface area contributed by atoms with Crippen molar-refractivity contribution in [3.63, 3.8) is 0 Å². The van der Waals surface area contributed by atoms with Crippen molar-refractivity contribution in [2.75, 3.05) is 18.0 Å². The summed E-state index contributed by atoms with van der Waals surface area (Å²) in [7, 11) is 0. The van der Waals surface area contributed by atoms with Crippen molar-refractivity contribution in [2.24, 2.45) is 0 Å². The van der Waals surface area contributed by atoms with Gasteiger partial charge in [0, 0.05) is 28.8 Å². The lowest BCUT2D eigenvalue weighted by Gasteiger charge is -2.27. The van der Waals surface area contributed by atoms with Gasteiger partial charge in [-0.2, -0.15) is 0 Å². The Morgan fingerprint density at radius 1 is 1.21 bits per heavy atom. The highest BCUT2D eigenvalue weighted by atomic mass is 79.9. The Labute approximate surface area is 150 Å². The van der Waals surface area contributed by atoms with Gasteiger partial charge in [-0.25, -0.2) is 9.97 Å². The van der Waals surface area contributed by atoms with E-state index in [4.69, 9.17) is 0 Å². The van der Waals surface area contributed by atoms with Crippen LogP contribution in [0.15, 0.2) is 34.8 Å². The third-order valence-electron chi connectivity index (χ3n) is 4.05. The van der Waals surface area contributed by atoms with Crippen LogP contribution in [0.5, 0.6) is 0 Å². The molecule has 1 aromatic heterocycles. The number of rotatable bonds is 4. The Morgan fingerprint density at radius 3 is 2.75 bits per heavy atom. The van der Waals surface area contributed by atoms with E-state index in [1.807, 2.05) is 25.1 Å². The van der Waals surface area contributed by atoms with Gasteiger partial charge in [0.05, 0.1) is 12.2 Å². The molecule has 1 aromatic carbocycles. The maximum absolute atomic E-state index is 12.3. The molecule has 1 amide bonds. The molecule has 1 fully saturated rings. The van der Waals surface area contributed by atoms with E-state index in [-0.39, 0.29) is 5.91 Å². The third kappa shape index (κ3) is 4.32. The quantitative estimate of drug-likeness (QED) is 0.870. The summed E-state index contributed by atoms with van der Waals surface area (Å²) in [4.78, 5) is 23.7. The van der Waals surface area contributed by atoms with Crippen LogP contribution in [0.1, 0.15) is 41.0 Å². The summed E-state index contributed by atoms with van der Waals surface area (Å²) in [6, 6.07) is 9.27. The zero-order valence-electron chi connectivity index (χ0n) is 13.8. The first-order valence-electron chi connectivity index (χ1n) is 8.25. The van der Waals surface area contributed by atoms with Gasteiger partial charge in [0.2, 0.25) is 5.95 Å². The fourth-order valence-electron chi connectivity index (χ4n) is 2.85. The van der Waals surface area contributed by atoms with E-state index in [0.717, 1.165) is 34.9 Å².